The molecule has 0 aliphatic rings. The fourth-order valence-electron chi connectivity index (χ4n) is 1.65. The first-order valence-electron chi connectivity index (χ1n) is 5.66. The van der Waals surface area contributed by atoms with E-state index in [4.69, 9.17) is 4.74 Å². The van der Waals surface area contributed by atoms with Gasteiger partial charge in [-0.2, -0.15) is 0 Å². The number of rotatable bonds is 7. The average Bonchev–Trinajstić information content (AvgIpc) is 2.47. The molecule has 0 saturated carbocycles. The van der Waals surface area contributed by atoms with Gasteiger partial charge in [-0.15, -0.1) is 0 Å². The summed E-state index contributed by atoms with van der Waals surface area (Å²) in [5.41, 5.74) is -0.147. The first-order chi connectivity index (χ1) is 9.08. The zero-order valence-corrected chi connectivity index (χ0v) is 11.7. The topological polar surface area (TPSA) is 85.7 Å². The van der Waals surface area contributed by atoms with Gasteiger partial charge in [-0.1, -0.05) is 6.07 Å². The molecular formula is C12H16NO5P. The van der Waals surface area contributed by atoms with Gasteiger partial charge in [-0.3, -0.25) is 9.55 Å². The highest BCUT2D eigenvalue weighted by atomic mass is 31.1. The molecule has 0 fully saturated rings. The molecule has 6 nitrogen and oxygen atoms in total. The minimum Gasteiger partial charge on any atom is -0.465 e. The van der Waals surface area contributed by atoms with Crippen LogP contribution in [0, 0.1) is 0 Å². The van der Waals surface area contributed by atoms with Crippen LogP contribution in [-0.4, -0.2) is 41.7 Å². The number of esters is 1. The van der Waals surface area contributed by atoms with E-state index in [2.05, 4.69) is 9.72 Å². The summed E-state index contributed by atoms with van der Waals surface area (Å²) >= 11 is 0. The molecule has 0 bridgehead atoms. The first kappa shape index (κ1) is 15.7. The Bertz CT molecular complexity index is 427. The molecule has 0 aliphatic carbocycles. The normalized spacial score (nSPS) is 15.7. The molecule has 0 spiro atoms. The summed E-state index contributed by atoms with van der Waals surface area (Å²) in [6, 6.07) is 5.42. The molecule has 0 aliphatic heterocycles. The quantitative estimate of drug-likeness (QED) is 0.460. The molecule has 0 aromatic carbocycles. The summed E-state index contributed by atoms with van der Waals surface area (Å²) in [6.07, 6.45) is 2.37. The van der Waals surface area contributed by atoms with Gasteiger partial charge < -0.3 is 14.6 Å². The second kappa shape index (κ2) is 7.28. The highest BCUT2D eigenvalue weighted by molar-refractivity contribution is 7.25. The third-order valence-corrected chi connectivity index (χ3v) is 3.63. The molecule has 104 valence electrons. The third-order valence-electron chi connectivity index (χ3n) is 2.77. The largest absolute Gasteiger partial charge is 0.465 e. The zero-order chi connectivity index (χ0) is 14.3. The van der Waals surface area contributed by atoms with E-state index in [1.165, 1.54) is 0 Å². The second-order valence-corrected chi connectivity index (χ2v) is 4.71. The van der Waals surface area contributed by atoms with Gasteiger partial charge in [-0.05, 0) is 25.0 Å². The molecular weight excluding hydrogens is 269 g/mol. The Labute approximate surface area is 113 Å². The maximum atomic E-state index is 11.5. The average molecular weight is 285 g/mol. The summed E-state index contributed by atoms with van der Waals surface area (Å²) in [6.45, 7) is 0. The van der Waals surface area contributed by atoms with Crippen LogP contribution in [0.3, 0.4) is 0 Å². The van der Waals surface area contributed by atoms with Crippen molar-refractivity contribution in [3.8, 4) is 0 Å². The Hall–Kier alpha value is -1.36. The monoisotopic (exact) mass is 285 g/mol. The van der Waals surface area contributed by atoms with Crippen LogP contribution in [0.5, 0.6) is 0 Å². The van der Waals surface area contributed by atoms with Crippen LogP contribution in [-0.2, 0) is 25.3 Å². The number of aliphatic hydroxyl groups is 1. The minimum atomic E-state index is -2.22. The number of methoxy groups -OCH3 is 2. The molecule has 0 saturated heterocycles. The van der Waals surface area contributed by atoms with Crippen molar-refractivity contribution >= 4 is 14.4 Å². The van der Waals surface area contributed by atoms with Gasteiger partial charge >= 0.3 is 5.97 Å². The summed E-state index contributed by atoms with van der Waals surface area (Å²) in [5.74, 6) is -3.18. The Kier molecular flexibility index (Phi) is 6.02. The minimum absolute atomic E-state index is 0.265. The highest BCUT2D eigenvalue weighted by Crippen LogP contribution is 2.28. The van der Waals surface area contributed by atoms with Gasteiger partial charge in [0.05, 0.1) is 7.11 Å². The van der Waals surface area contributed by atoms with E-state index in [0.717, 1.165) is 19.9 Å². The molecule has 1 heterocycles. The maximum absolute atomic E-state index is 11.5. The predicted octanol–water partition coefficient (Wildman–Crippen LogP) is 1.18. The summed E-state index contributed by atoms with van der Waals surface area (Å²) in [4.78, 5) is 15.6. The molecule has 1 rings (SSSR count). The first-order valence-corrected chi connectivity index (χ1v) is 6.55. The molecule has 1 N–H and O–H groups in total. The Morgan fingerprint density at radius 3 is 2.74 bits per heavy atom. The van der Waals surface area contributed by atoms with Crippen molar-refractivity contribution < 1.29 is 23.9 Å². The van der Waals surface area contributed by atoms with Gasteiger partial charge in [0.25, 0.3) is 5.79 Å². The SMILES string of the molecule is COC(=O)C(O)(OC)C(CCc1ccccn1)P=O. The van der Waals surface area contributed by atoms with Crippen molar-refractivity contribution in [1.82, 2.24) is 4.98 Å². The van der Waals surface area contributed by atoms with Crippen LogP contribution in [0.15, 0.2) is 24.4 Å². The lowest BCUT2D eigenvalue weighted by Crippen LogP contribution is -2.49. The number of nitrogens with zero attached hydrogens (tertiary/aromatic N) is 1. The fourth-order valence-corrected chi connectivity index (χ4v) is 2.24. The van der Waals surface area contributed by atoms with E-state index in [1.807, 2.05) is 12.1 Å². The number of carbonyl (C=O) groups is 1. The van der Waals surface area contributed by atoms with E-state index in [0.29, 0.717) is 6.42 Å². The zero-order valence-electron chi connectivity index (χ0n) is 10.8. The standard InChI is InChI=1S/C12H16NO5P/c1-17-11(14)12(15,18-2)10(19-16)7-6-9-5-3-4-8-13-9/h3-5,8,10,15H,6-7H2,1-2H3. The molecule has 1 aromatic heterocycles. The lowest BCUT2D eigenvalue weighted by Gasteiger charge is -2.27. The van der Waals surface area contributed by atoms with Crippen molar-refractivity contribution in [2.24, 2.45) is 0 Å². The number of aryl methyl sites for hydroxylation is 1. The van der Waals surface area contributed by atoms with E-state index in [-0.39, 0.29) is 6.42 Å². The van der Waals surface area contributed by atoms with Gasteiger partial charge in [0, 0.05) is 19.0 Å². The molecule has 2 atom stereocenters. The van der Waals surface area contributed by atoms with Crippen molar-refractivity contribution in [1.29, 1.82) is 0 Å². The molecule has 19 heavy (non-hydrogen) atoms. The van der Waals surface area contributed by atoms with Crippen LogP contribution in [0.1, 0.15) is 12.1 Å². The van der Waals surface area contributed by atoms with Crippen LogP contribution >= 0.6 is 8.46 Å². The van der Waals surface area contributed by atoms with Crippen molar-refractivity contribution in [3.05, 3.63) is 30.1 Å². The number of hydrogen-bond donors (Lipinski definition) is 1. The van der Waals surface area contributed by atoms with Crippen LogP contribution in [0.2, 0.25) is 0 Å². The molecule has 0 amide bonds. The number of carbonyl (C=O) groups excluding carboxylic acids is 1. The Balaban J connectivity index is 2.76. The highest BCUT2D eigenvalue weighted by Gasteiger charge is 2.46. The fraction of sp³-hybridized carbons (Fsp3) is 0.500. The van der Waals surface area contributed by atoms with Crippen molar-refractivity contribution in [3.63, 3.8) is 0 Å². The molecule has 1 aromatic rings. The molecule has 0 radical (unpaired) electrons. The van der Waals surface area contributed by atoms with Gasteiger partial charge in [-0.25, -0.2) is 4.79 Å². The smallest absolute Gasteiger partial charge is 0.367 e. The van der Waals surface area contributed by atoms with Gasteiger partial charge in [0.15, 0.2) is 8.46 Å². The van der Waals surface area contributed by atoms with Gasteiger partial charge in [0.1, 0.15) is 5.66 Å². The maximum Gasteiger partial charge on any atom is 0.367 e. The van der Waals surface area contributed by atoms with Crippen molar-refractivity contribution in [2.45, 2.75) is 24.3 Å². The van der Waals surface area contributed by atoms with E-state index >= 15 is 0 Å². The summed E-state index contributed by atoms with van der Waals surface area (Å²) < 4.78 is 20.4. The van der Waals surface area contributed by atoms with Crippen LogP contribution in [0.25, 0.3) is 0 Å². The van der Waals surface area contributed by atoms with E-state index < -0.39 is 25.9 Å². The Morgan fingerprint density at radius 1 is 1.53 bits per heavy atom. The van der Waals surface area contributed by atoms with E-state index in [9.17, 15) is 14.5 Å². The number of pyridine rings is 1. The third kappa shape index (κ3) is 3.80. The lowest BCUT2D eigenvalue weighted by molar-refractivity contribution is -0.217. The van der Waals surface area contributed by atoms with Gasteiger partial charge in [0.2, 0.25) is 0 Å². The van der Waals surface area contributed by atoms with E-state index in [1.54, 1.807) is 12.3 Å². The lowest BCUT2D eigenvalue weighted by atomic mass is 10.1. The second-order valence-electron chi connectivity index (χ2n) is 3.87. The summed E-state index contributed by atoms with van der Waals surface area (Å²) in [5, 5.41) is 10.1. The molecule has 7 heteroatoms. The predicted molar refractivity (Wildman–Crippen MR) is 67.9 cm³/mol. The molecule has 2 unspecified atom stereocenters. The van der Waals surface area contributed by atoms with Crippen LogP contribution < -0.4 is 0 Å². The Morgan fingerprint density at radius 2 is 2.26 bits per heavy atom. The summed E-state index contributed by atoms with van der Waals surface area (Å²) in [7, 11) is 1.90. The number of aromatic nitrogens is 1. The van der Waals surface area contributed by atoms with Crippen molar-refractivity contribution in [2.75, 3.05) is 14.2 Å². The van der Waals surface area contributed by atoms with Crippen LogP contribution in [0.4, 0.5) is 0 Å². The number of hydrogen-bond acceptors (Lipinski definition) is 6. The number of ether oxygens (including phenoxy) is 2.